The highest BCUT2D eigenvalue weighted by Gasteiger charge is 2.54. The Morgan fingerprint density at radius 3 is 2.24 bits per heavy atom. The predicted octanol–water partition coefficient (Wildman–Crippen LogP) is 9.71. The number of benzene rings is 3. The molecule has 3 aliphatic rings. The topological polar surface area (TPSA) is 31.4 Å². The highest BCUT2D eigenvalue weighted by atomic mass is 16.5. The lowest BCUT2D eigenvalue weighted by Gasteiger charge is -2.58. The van der Waals surface area contributed by atoms with Crippen molar-refractivity contribution < 1.29 is 14.0 Å². The van der Waals surface area contributed by atoms with Crippen LogP contribution in [0.2, 0.25) is 0 Å². The fourth-order valence-electron chi connectivity index (χ4n) is 8.38. The van der Waals surface area contributed by atoms with Gasteiger partial charge in [-0.15, -0.1) is 6.58 Å². The number of fused-ring (bicyclic) bond motifs is 4. The van der Waals surface area contributed by atoms with Crippen molar-refractivity contribution in [2.24, 2.45) is 11.8 Å². The van der Waals surface area contributed by atoms with Crippen molar-refractivity contribution in [1.82, 2.24) is 4.98 Å². The van der Waals surface area contributed by atoms with Crippen LogP contribution in [0, 0.1) is 11.8 Å². The standard InChI is InChI=1S/C42H53N2O2/c1-9-31-27-44(26-30-23-35(41(2,3)4)40(45-8)36(24-30)42(5,6)7)22-20-32(31)25-38(44)39(46-28-29-15-11-10-12-16-29)34-19-21-43-37-18-14-13-17-33(34)37/h9-19,21,23-24,31-32,38-39H,1,20,22,25-28H2,2-8H3/q+1/t31-,32+,38-,39+,44-/m0/s1. The Morgan fingerprint density at radius 2 is 1.59 bits per heavy atom. The minimum absolute atomic E-state index is 0.0451. The van der Waals surface area contributed by atoms with E-state index in [1.54, 1.807) is 0 Å². The molecule has 0 unspecified atom stereocenters. The molecule has 2 bridgehead atoms. The van der Waals surface area contributed by atoms with Crippen LogP contribution in [0.3, 0.4) is 0 Å². The molecule has 0 amide bonds. The molecule has 0 spiro atoms. The molecule has 1 aromatic heterocycles. The first-order valence-electron chi connectivity index (χ1n) is 17.1. The van der Waals surface area contributed by atoms with E-state index in [2.05, 4.69) is 127 Å². The zero-order valence-electron chi connectivity index (χ0n) is 29.1. The molecule has 4 aromatic rings. The largest absolute Gasteiger partial charge is 0.496 e. The average molecular weight is 618 g/mol. The van der Waals surface area contributed by atoms with Crippen LogP contribution in [0.5, 0.6) is 5.75 Å². The van der Waals surface area contributed by atoms with Crippen molar-refractivity contribution in [3.05, 3.63) is 119 Å². The van der Waals surface area contributed by atoms with E-state index < -0.39 is 0 Å². The van der Waals surface area contributed by atoms with Crippen molar-refractivity contribution in [2.75, 3.05) is 20.2 Å². The lowest BCUT2D eigenvalue weighted by Crippen LogP contribution is -2.67. The number of hydrogen-bond acceptors (Lipinski definition) is 3. The number of hydrogen-bond donors (Lipinski definition) is 0. The lowest BCUT2D eigenvalue weighted by molar-refractivity contribution is -0.985. The van der Waals surface area contributed by atoms with Gasteiger partial charge < -0.3 is 14.0 Å². The molecule has 3 saturated heterocycles. The van der Waals surface area contributed by atoms with E-state index in [1.165, 1.54) is 39.6 Å². The van der Waals surface area contributed by atoms with E-state index in [9.17, 15) is 0 Å². The molecule has 5 atom stereocenters. The summed E-state index contributed by atoms with van der Waals surface area (Å²) >= 11 is 0. The molecule has 0 N–H and O–H groups in total. The molecule has 3 fully saturated rings. The quantitative estimate of drug-likeness (QED) is 0.138. The van der Waals surface area contributed by atoms with E-state index in [-0.39, 0.29) is 16.9 Å². The summed E-state index contributed by atoms with van der Waals surface area (Å²) in [4.78, 5) is 4.74. The average Bonchev–Trinajstić information content (AvgIpc) is 3.04. The van der Waals surface area contributed by atoms with Crippen LogP contribution < -0.4 is 4.74 Å². The Bertz CT molecular complexity index is 1640. The number of rotatable bonds is 9. The van der Waals surface area contributed by atoms with Gasteiger partial charge in [0.1, 0.15) is 24.4 Å². The van der Waals surface area contributed by atoms with E-state index in [1.807, 2.05) is 13.3 Å². The second kappa shape index (κ2) is 12.6. The Balaban J connectivity index is 1.49. The first-order chi connectivity index (χ1) is 21.9. The van der Waals surface area contributed by atoms with Gasteiger partial charge in [0, 0.05) is 47.0 Å². The van der Waals surface area contributed by atoms with Crippen LogP contribution in [0.15, 0.2) is 91.6 Å². The van der Waals surface area contributed by atoms with Gasteiger partial charge in [0.15, 0.2) is 0 Å². The van der Waals surface area contributed by atoms with E-state index in [4.69, 9.17) is 14.5 Å². The molecule has 3 aromatic carbocycles. The zero-order chi connectivity index (χ0) is 32.7. The molecule has 0 aliphatic carbocycles. The summed E-state index contributed by atoms with van der Waals surface area (Å²) in [5.41, 5.74) is 7.37. The molecule has 3 aliphatic heterocycles. The Kier molecular flexibility index (Phi) is 8.91. The number of piperidine rings is 3. The van der Waals surface area contributed by atoms with Gasteiger partial charge in [-0.3, -0.25) is 4.98 Å². The van der Waals surface area contributed by atoms with Crippen LogP contribution in [-0.2, 0) is 28.7 Å². The van der Waals surface area contributed by atoms with E-state index in [0.29, 0.717) is 24.5 Å². The van der Waals surface area contributed by atoms with Crippen molar-refractivity contribution in [1.29, 1.82) is 0 Å². The molecule has 0 radical (unpaired) electrons. The van der Waals surface area contributed by atoms with Crippen LogP contribution in [0.25, 0.3) is 10.9 Å². The van der Waals surface area contributed by atoms with Crippen molar-refractivity contribution in [3.63, 3.8) is 0 Å². The summed E-state index contributed by atoms with van der Waals surface area (Å²) in [5, 5.41) is 1.19. The third kappa shape index (κ3) is 6.27. The van der Waals surface area contributed by atoms with Crippen LogP contribution in [-0.4, -0.2) is 35.7 Å². The summed E-state index contributed by atoms with van der Waals surface area (Å²) in [6.07, 6.45) is 6.50. The van der Waals surface area contributed by atoms with Gasteiger partial charge in [-0.25, -0.2) is 0 Å². The third-order valence-electron chi connectivity index (χ3n) is 10.8. The highest BCUT2D eigenvalue weighted by Crippen LogP contribution is 2.50. The summed E-state index contributed by atoms with van der Waals surface area (Å²) in [7, 11) is 1.83. The van der Waals surface area contributed by atoms with Crippen molar-refractivity contribution in [3.8, 4) is 5.75 Å². The number of methoxy groups -OCH3 is 1. The van der Waals surface area contributed by atoms with Gasteiger partial charge in [-0.05, 0) is 52.1 Å². The molecular weight excluding hydrogens is 564 g/mol. The van der Waals surface area contributed by atoms with Gasteiger partial charge in [0.25, 0.3) is 0 Å². The molecule has 4 nitrogen and oxygen atoms in total. The first kappa shape index (κ1) is 32.5. The van der Waals surface area contributed by atoms with Crippen LogP contribution >= 0.6 is 0 Å². The fraction of sp³-hybridized carbons (Fsp3) is 0.452. The molecule has 7 rings (SSSR count). The number of para-hydroxylation sites is 1. The number of pyridine rings is 1. The van der Waals surface area contributed by atoms with Crippen molar-refractivity contribution >= 4 is 10.9 Å². The molecule has 242 valence electrons. The van der Waals surface area contributed by atoms with Gasteiger partial charge in [-0.1, -0.05) is 96.1 Å². The molecule has 0 saturated carbocycles. The maximum Gasteiger partial charge on any atom is 0.135 e. The van der Waals surface area contributed by atoms with E-state index >= 15 is 0 Å². The Labute approximate surface area is 277 Å². The van der Waals surface area contributed by atoms with E-state index in [0.717, 1.165) is 41.8 Å². The monoisotopic (exact) mass is 617 g/mol. The lowest BCUT2D eigenvalue weighted by atomic mass is 9.70. The predicted molar refractivity (Wildman–Crippen MR) is 190 cm³/mol. The Morgan fingerprint density at radius 1 is 0.913 bits per heavy atom. The smallest absolute Gasteiger partial charge is 0.135 e. The highest BCUT2D eigenvalue weighted by molar-refractivity contribution is 5.82. The summed E-state index contributed by atoms with van der Waals surface area (Å²) in [6, 6.07) is 26.6. The van der Waals surface area contributed by atoms with Gasteiger partial charge >= 0.3 is 0 Å². The summed E-state index contributed by atoms with van der Waals surface area (Å²) in [6.45, 7) is 21.9. The summed E-state index contributed by atoms with van der Waals surface area (Å²) < 4.78 is 14.3. The molecule has 4 heteroatoms. The molecule has 46 heavy (non-hydrogen) atoms. The second-order valence-corrected chi connectivity index (χ2v) is 15.9. The van der Waals surface area contributed by atoms with Gasteiger partial charge in [0.05, 0.1) is 32.3 Å². The minimum atomic E-state index is -0.0657. The maximum absolute atomic E-state index is 7.15. The fourth-order valence-corrected chi connectivity index (χ4v) is 8.38. The van der Waals surface area contributed by atoms with Gasteiger partial charge in [-0.2, -0.15) is 0 Å². The normalized spacial score (nSPS) is 23.8. The Hall–Kier alpha value is -3.47. The summed E-state index contributed by atoms with van der Waals surface area (Å²) in [5.74, 6) is 2.18. The SMILES string of the molecule is C=C[C@H]1C[N@@+]2(Cc3cc(C(C)(C)C)c(OC)c(C(C)(C)C)c3)CC[C@@H]1C[C@H]2[C@H](OCc1ccccc1)c1ccnc2ccccc12. The second-order valence-electron chi connectivity index (χ2n) is 15.9. The molecular formula is C42H53N2O2+. The minimum Gasteiger partial charge on any atom is -0.496 e. The van der Waals surface area contributed by atoms with Crippen LogP contribution in [0.1, 0.15) is 88.3 Å². The first-order valence-corrected chi connectivity index (χ1v) is 17.1. The number of nitrogens with zero attached hydrogens (tertiary/aromatic N) is 2. The maximum atomic E-state index is 7.15. The zero-order valence-corrected chi connectivity index (χ0v) is 29.1. The number of aromatic nitrogens is 1. The number of quaternary nitrogens is 1. The van der Waals surface area contributed by atoms with Crippen LogP contribution in [0.4, 0.5) is 0 Å². The molecule has 4 heterocycles. The third-order valence-corrected chi connectivity index (χ3v) is 10.8. The van der Waals surface area contributed by atoms with Gasteiger partial charge in [0.2, 0.25) is 0 Å². The van der Waals surface area contributed by atoms with Crippen molar-refractivity contribution in [2.45, 2.75) is 90.5 Å². The number of ether oxygens (including phenoxy) is 2.